The summed E-state index contributed by atoms with van der Waals surface area (Å²) in [6.07, 6.45) is 1.56. The molecule has 2 aromatic rings. The summed E-state index contributed by atoms with van der Waals surface area (Å²) in [6.45, 7) is 7.83. The standard InChI is InChI=1S/C24H30FN5O/c1-15(2)17-4-7-19(8-5-17)28-24(31)29-20-10-12-30(13-11-20)23-21-9-6-18(25)14-22(21)26-16(3)27-23/h4-9,14-16,20,26H,10-13H2,1-3H3,(H2,28,29,31). The Balaban J connectivity index is 1.32. The Hall–Kier alpha value is -3.09. The maximum atomic E-state index is 13.6. The van der Waals surface area contributed by atoms with E-state index in [2.05, 4.69) is 34.7 Å². The number of likely N-dealkylation sites (tertiary alicyclic amines) is 1. The van der Waals surface area contributed by atoms with Crippen molar-refractivity contribution in [2.75, 3.05) is 23.7 Å². The second-order valence-electron chi connectivity index (χ2n) is 8.60. The highest BCUT2D eigenvalue weighted by Gasteiger charge is 2.27. The second kappa shape index (κ2) is 8.96. The minimum Gasteiger partial charge on any atom is -0.363 e. The normalized spacial score (nSPS) is 18.8. The van der Waals surface area contributed by atoms with Crippen molar-refractivity contribution in [2.24, 2.45) is 4.99 Å². The summed E-state index contributed by atoms with van der Waals surface area (Å²) >= 11 is 0. The molecule has 2 amide bonds. The molecule has 6 nitrogen and oxygen atoms in total. The summed E-state index contributed by atoms with van der Waals surface area (Å²) in [5, 5.41) is 9.23. The molecule has 7 heteroatoms. The van der Waals surface area contributed by atoms with Gasteiger partial charge >= 0.3 is 6.03 Å². The zero-order chi connectivity index (χ0) is 22.0. The Morgan fingerprint density at radius 1 is 1.16 bits per heavy atom. The number of halogens is 1. The van der Waals surface area contributed by atoms with Gasteiger partial charge in [-0.15, -0.1) is 0 Å². The Bertz CT molecular complexity index is 964. The molecule has 1 atom stereocenters. The Labute approximate surface area is 182 Å². The zero-order valence-corrected chi connectivity index (χ0v) is 18.3. The Kier molecular flexibility index (Phi) is 6.11. The van der Waals surface area contributed by atoms with Crippen LogP contribution in [0, 0.1) is 5.82 Å². The fourth-order valence-corrected chi connectivity index (χ4v) is 4.13. The van der Waals surface area contributed by atoms with Crippen molar-refractivity contribution < 1.29 is 9.18 Å². The number of nitrogens with zero attached hydrogens (tertiary/aromatic N) is 2. The van der Waals surface area contributed by atoms with Crippen molar-refractivity contribution in [3.63, 3.8) is 0 Å². The quantitative estimate of drug-likeness (QED) is 0.667. The van der Waals surface area contributed by atoms with E-state index in [1.54, 1.807) is 6.07 Å². The third-order valence-electron chi connectivity index (χ3n) is 5.87. The molecule has 0 bridgehead atoms. The van der Waals surface area contributed by atoms with Crippen LogP contribution in [0.15, 0.2) is 47.5 Å². The highest BCUT2D eigenvalue weighted by molar-refractivity contribution is 6.05. The monoisotopic (exact) mass is 423 g/mol. The number of benzene rings is 2. The number of aliphatic imine (C=N–C) groups is 1. The van der Waals surface area contributed by atoms with Crippen LogP contribution < -0.4 is 16.0 Å². The first-order chi connectivity index (χ1) is 14.9. The van der Waals surface area contributed by atoms with Gasteiger partial charge in [0.05, 0.1) is 0 Å². The molecule has 1 unspecified atom stereocenters. The molecule has 2 heterocycles. The average Bonchev–Trinajstić information content (AvgIpc) is 2.73. The first kappa shape index (κ1) is 21.2. The van der Waals surface area contributed by atoms with Crippen LogP contribution in [-0.2, 0) is 0 Å². The molecule has 164 valence electrons. The van der Waals surface area contributed by atoms with E-state index in [0.717, 1.165) is 48.7 Å². The van der Waals surface area contributed by atoms with E-state index >= 15 is 0 Å². The van der Waals surface area contributed by atoms with Gasteiger partial charge in [-0.3, -0.25) is 0 Å². The first-order valence-corrected chi connectivity index (χ1v) is 11.0. The molecule has 0 saturated carbocycles. The van der Waals surface area contributed by atoms with Crippen LogP contribution in [0.4, 0.5) is 20.6 Å². The van der Waals surface area contributed by atoms with Gasteiger partial charge in [-0.05, 0) is 61.6 Å². The van der Waals surface area contributed by atoms with Crippen LogP contribution in [0.1, 0.15) is 50.7 Å². The van der Waals surface area contributed by atoms with Crippen molar-refractivity contribution in [3.05, 3.63) is 59.4 Å². The predicted octanol–water partition coefficient (Wildman–Crippen LogP) is 4.75. The van der Waals surface area contributed by atoms with Gasteiger partial charge in [0, 0.05) is 36.1 Å². The number of amides is 2. The van der Waals surface area contributed by atoms with Crippen LogP contribution in [0.25, 0.3) is 0 Å². The van der Waals surface area contributed by atoms with E-state index in [0.29, 0.717) is 5.92 Å². The fourth-order valence-electron chi connectivity index (χ4n) is 4.13. The lowest BCUT2D eigenvalue weighted by molar-refractivity contribution is 0.236. The van der Waals surface area contributed by atoms with Gasteiger partial charge in [0.25, 0.3) is 0 Å². The van der Waals surface area contributed by atoms with E-state index in [4.69, 9.17) is 4.99 Å². The Morgan fingerprint density at radius 2 is 1.87 bits per heavy atom. The fraction of sp³-hybridized carbons (Fsp3) is 0.417. The van der Waals surface area contributed by atoms with Gasteiger partial charge in [-0.2, -0.15) is 0 Å². The summed E-state index contributed by atoms with van der Waals surface area (Å²) in [4.78, 5) is 19.4. The molecule has 2 aliphatic heterocycles. The molecular weight excluding hydrogens is 393 g/mol. The van der Waals surface area contributed by atoms with Crippen molar-refractivity contribution >= 4 is 23.2 Å². The SMILES string of the molecule is CC1N=C(N2CCC(NC(=O)Nc3ccc(C(C)C)cc3)CC2)c2ccc(F)cc2N1. The molecule has 4 rings (SSSR count). The average molecular weight is 424 g/mol. The van der Waals surface area contributed by atoms with Crippen LogP contribution in [0.5, 0.6) is 0 Å². The summed E-state index contributed by atoms with van der Waals surface area (Å²) in [5.41, 5.74) is 3.74. The van der Waals surface area contributed by atoms with Gasteiger partial charge in [-0.1, -0.05) is 26.0 Å². The number of rotatable bonds is 3. The summed E-state index contributed by atoms with van der Waals surface area (Å²) < 4.78 is 13.6. The zero-order valence-electron chi connectivity index (χ0n) is 18.3. The van der Waals surface area contributed by atoms with E-state index in [-0.39, 0.29) is 24.1 Å². The molecule has 2 aliphatic rings. The molecule has 0 spiro atoms. The number of hydrogen-bond acceptors (Lipinski definition) is 4. The number of hydrogen-bond donors (Lipinski definition) is 3. The highest BCUT2D eigenvalue weighted by atomic mass is 19.1. The van der Waals surface area contributed by atoms with Crippen LogP contribution in [-0.4, -0.2) is 42.1 Å². The van der Waals surface area contributed by atoms with E-state index in [9.17, 15) is 9.18 Å². The van der Waals surface area contributed by atoms with Crippen molar-refractivity contribution in [1.29, 1.82) is 0 Å². The first-order valence-electron chi connectivity index (χ1n) is 11.0. The number of carbonyl (C=O) groups excluding carboxylic acids is 1. The minimum absolute atomic E-state index is 0.104. The van der Waals surface area contributed by atoms with Crippen LogP contribution >= 0.6 is 0 Å². The lowest BCUT2D eigenvalue weighted by Crippen LogP contribution is -2.48. The summed E-state index contributed by atoms with van der Waals surface area (Å²) in [6, 6.07) is 12.7. The van der Waals surface area contributed by atoms with Crippen LogP contribution in [0.3, 0.4) is 0 Å². The predicted molar refractivity (Wildman–Crippen MR) is 123 cm³/mol. The smallest absolute Gasteiger partial charge is 0.319 e. The van der Waals surface area contributed by atoms with E-state index in [1.807, 2.05) is 31.2 Å². The number of carbonyl (C=O) groups is 1. The van der Waals surface area contributed by atoms with Crippen molar-refractivity contribution in [2.45, 2.75) is 51.7 Å². The second-order valence-corrected chi connectivity index (χ2v) is 8.60. The molecule has 3 N–H and O–H groups in total. The molecule has 0 radical (unpaired) electrons. The van der Waals surface area contributed by atoms with Gasteiger partial charge in [-0.25, -0.2) is 14.2 Å². The lowest BCUT2D eigenvalue weighted by atomic mass is 10.0. The van der Waals surface area contributed by atoms with E-state index in [1.165, 1.54) is 17.7 Å². The molecule has 0 aliphatic carbocycles. The molecular formula is C24H30FN5O. The molecule has 0 aromatic heterocycles. The number of urea groups is 1. The maximum absolute atomic E-state index is 13.6. The number of nitrogens with one attached hydrogen (secondary N) is 3. The number of piperidine rings is 1. The van der Waals surface area contributed by atoms with Gasteiger partial charge in [0.2, 0.25) is 0 Å². The van der Waals surface area contributed by atoms with Crippen molar-refractivity contribution in [1.82, 2.24) is 10.2 Å². The van der Waals surface area contributed by atoms with Gasteiger partial charge < -0.3 is 20.9 Å². The summed E-state index contributed by atoms with van der Waals surface area (Å²) in [7, 11) is 0. The maximum Gasteiger partial charge on any atom is 0.319 e. The molecule has 1 saturated heterocycles. The highest BCUT2D eigenvalue weighted by Crippen LogP contribution is 2.26. The van der Waals surface area contributed by atoms with Gasteiger partial charge in [0.15, 0.2) is 0 Å². The van der Waals surface area contributed by atoms with Crippen molar-refractivity contribution in [3.8, 4) is 0 Å². The topological polar surface area (TPSA) is 68.8 Å². The molecule has 1 fully saturated rings. The van der Waals surface area contributed by atoms with E-state index < -0.39 is 0 Å². The third-order valence-corrected chi connectivity index (χ3v) is 5.87. The van der Waals surface area contributed by atoms with Crippen LogP contribution in [0.2, 0.25) is 0 Å². The minimum atomic E-state index is -0.257. The number of amidine groups is 1. The number of fused-ring (bicyclic) bond motifs is 1. The van der Waals surface area contributed by atoms with Gasteiger partial charge in [0.1, 0.15) is 17.8 Å². The lowest BCUT2D eigenvalue weighted by Gasteiger charge is -2.37. The number of anilines is 2. The Morgan fingerprint density at radius 3 is 2.55 bits per heavy atom. The molecule has 2 aromatic carbocycles. The molecule has 31 heavy (non-hydrogen) atoms. The third kappa shape index (κ3) is 4.98. The largest absolute Gasteiger partial charge is 0.363 e. The summed E-state index contributed by atoms with van der Waals surface area (Å²) in [5.74, 6) is 1.11.